The molecule has 0 atom stereocenters. The molecule has 162 valence electrons. The van der Waals surface area contributed by atoms with Crippen molar-refractivity contribution in [1.29, 1.82) is 0 Å². The molecule has 9 nitrogen and oxygen atoms in total. The number of nitro benzene ring substituents is 1. The molecule has 1 aromatic heterocycles. The third-order valence-electron chi connectivity index (χ3n) is 5.58. The third-order valence-corrected chi connectivity index (χ3v) is 7.64. The Kier molecular flexibility index (Phi) is 5.28. The number of fused-ring (bicyclic) bond motifs is 1. The van der Waals surface area contributed by atoms with Crippen LogP contribution in [0.15, 0.2) is 47.5 Å². The van der Waals surface area contributed by atoms with Crippen LogP contribution in [-0.2, 0) is 10.0 Å². The highest BCUT2D eigenvalue weighted by molar-refractivity contribution is 7.89. The highest BCUT2D eigenvalue weighted by Gasteiger charge is 2.32. The fourth-order valence-corrected chi connectivity index (χ4v) is 5.56. The van der Waals surface area contributed by atoms with Gasteiger partial charge in [-0.3, -0.25) is 14.9 Å². The second-order valence-corrected chi connectivity index (χ2v) is 9.56. The van der Waals surface area contributed by atoms with Crippen molar-refractivity contribution in [3.05, 3.63) is 69.4 Å². The van der Waals surface area contributed by atoms with Crippen LogP contribution in [0, 0.1) is 24.0 Å². The zero-order valence-electron chi connectivity index (χ0n) is 17.2. The average molecular weight is 442 g/mol. The molecule has 2 aromatic carbocycles. The molecule has 0 radical (unpaired) electrons. The quantitative estimate of drug-likeness (QED) is 0.493. The third kappa shape index (κ3) is 3.79. The lowest BCUT2D eigenvalue weighted by atomic mass is 10.1. The highest BCUT2D eigenvalue weighted by Crippen LogP contribution is 2.26. The first kappa shape index (κ1) is 21.0. The number of hydrogen-bond acceptors (Lipinski definition) is 5. The predicted octanol–water partition coefficient (Wildman–Crippen LogP) is 2.84. The van der Waals surface area contributed by atoms with Gasteiger partial charge in [0.25, 0.3) is 11.6 Å². The van der Waals surface area contributed by atoms with Gasteiger partial charge in [-0.15, -0.1) is 0 Å². The summed E-state index contributed by atoms with van der Waals surface area (Å²) in [6.45, 7) is 4.53. The summed E-state index contributed by atoms with van der Waals surface area (Å²) in [6, 6.07) is 9.55. The minimum atomic E-state index is -3.65. The number of aromatic nitrogens is 1. The second kappa shape index (κ2) is 7.78. The predicted molar refractivity (Wildman–Crippen MR) is 116 cm³/mol. The van der Waals surface area contributed by atoms with Gasteiger partial charge in [-0.1, -0.05) is 17.7 Å². The number of aromatic amines is 1. The maximum absolute atomic E-state index is 13.1. The van der Waals surface area contributed by atoms with E-state index in [2.05, 4.69) is 4.98 Å². The van der Waals surface area contributed by atoms with Crippen LogP contribution in [-0.4, -0.2) is 59.6 Å². The Morgan fingerprint density at radius 3 is 2.42 bits per heavy atom. The summed E-state index contributed by atoms with van der Waals surface area (Å²) in [5.41, 5.74) is 2.56. The van der Waals surface area contributed by atoms with E-state index in [0.717, 1.165) is 5.56 Å². The number of hydrogen-bond donors (Lipinski definition) is 1. The first-order valence-electron chi connectivity index (χ1n) is 9.80. The number of H-pyrrole nitrogens is 1. The van der Waals surface area contributed by atoms with Crippen LogP contribution in [0.5, 0.6) is 0 Å². The van der Waals surface area contributed by atoms with E-state index >= 15 is 0 Å². The van der Waals surface area contributed by atoms with Crippen molar-refractivity contribution >= 4 is 32.5 Å². The normalized spacial score (nSPS) is 15.4. The summed E-state index contributed by atoms with van der Waals surface area (Å²) in [4.78, 5) is 28.4. The molecule has 0 bridgehead atoms. The van der Waals surface area contributed by atoms with E-state index in [1.807, 2.05) is 13.0 Å². The van der Waals surface area contributed by atoms with Crippen molar-refractivity contribution in [3.8, 4) is 0 Å². The number of non-ortho nitro benzene ring substituents is 1. The van der Waals surface area contributed by atoms with Crippen molar-refractivity contribution in [2.45, 2.75) is 18.7 Å². The smallest absolute Gasteiger partial charge is 0.270 e. The fraction of sp³-hybridized carbons (Fsp3) is 0.286. The number of amides is 1. The number of benzene rings is 2. The van der Waals surface area contributed by atoms with E-state index < -0.39 is 14.9 Å². The van der Waals surface area contributed by atoms with E-state index in [1.165, 1.54) is 22.6 Å². The number of carbonyl (C=O) groups excluding carboxylic acids is 1. The summed E-state index contributed by atoms with van der Waals surface area (Å²) in [6.07, 6.45) is 1.54. The van der Waals surface area contributed by atoms with Gasteiger partial charge < -0.3 is 9.88 Å². The fourth-order valence-electron chi connectivity index (χ4n) is 3.93. The Bertz CT molecular complexity index is 1290. The van der Waals surface area contributed by atoms with E-state index in [1.54, 1.807) is 30.0 Å². The van der Waals surface area contributed by atoms with Crippen LogP contribution in [0.1, 0.15) is 21.5 Å². The van der Waals surface area contributed by atoms with Gasteiger partial charge in [-0.2, -0.15) is 4.31 Å². The molecule has 0 spiro atoms. The topological polar surface area (TPSA) is 117 Å². The van der Waals surface area contributed by atoms with Gasteiger partial charge in [-0.25, -0.2) is 8.42 Å². The first-order valence-corrected chi connectivity index (χ1v) is 11.2. The van der Waals surface area contributed by atoms with Gasteiger partial charge in [0.05, 0.1) is 15.4 Å². The number of nitrogens with one attached hydrogen (secondary N) is 1. The summed E-state index contributed by atoms with van der Waals surface area (Å²) in [5.74, 6) is -0.282. The van der Waals surface area contributed by atoms with Crippen molar-refractivity contribution in [2.24, 2.45) is 0 Å². The molecule has 1 aliphatic rings. The number of carbonyl (C=O) groups is 1. The Balaban J connectivity index is 1.52. The minimum absolute atomic E-state index is 0.0921. The number of rotatable bonds is 4. The number of nitro groups is 1. The molecule has 0 saturated carbocycles. The molecule has 10 heteroatoms. The Hall–Kier alpha value is -3.24. The van der Waals surface area contributed by atoms with Crippen molar-refractivity contribution < 1.29 is 18.1 Å². The summed E-state index contributed by atoms with van der Waals surface area (Å²) in [7, 11) is -3.65. The van der Waals surface area contributed by atoms with Gasteiger partial charge in [0.2, 0.25) is 10.0 Å². The Morgan fingerprint density at radius 1 is 1.06 bits per heavy atom. The Morgan fingerprint density at radius 2 is 1.77 bits per heavy atom. The lowest BCUT2D eigenvalue weighted by Crippen LogP contribution is -2.50. The highest BCUT2D eigenvalue weighted by atomic mass is 32.2. The second-order valence-electron chi connectivity index (χ2n) is 7.65. The molecule has 1 saturated heterocycles. The molecule has 0 aliphatic carbocycles. The van der Waals surface area contributed by atoms with E-state index in [9.17, 15) is 23.3 Å². The van der Waals surface area contributed by atoms with Crippen LogP contribution < -0.4 is 0 Å². The zero-order chi connectivity index (χ0) is 22.3. The molecular formula is C21H22N4O5S. The van der Waals surface area contributed by atoms with Crippen molar-refractivity contribution in [3.63, 3.8) is 0 Å². The summed E-state index contributed by atoms with van der Waals surface area (Å²) < 4.78 is 27.5. The van der Waals surface area contributed by atoms with E-state index in [4.69, 9.17) is 0 Å². The molecule has 1 fully saturated rings. The molecule has 1 amide bonds. The maximum atomic E-state index is 13.1. The number of nitrogens with zero attached hydrogens (tertiary/aromatic N) is 3. The molecule has 0 unspecified atom stereocenters. The number of aryl methyl sites for hydroxylation is 2. The standard InChI is InChI=1S/C21H22N4O5S/c1-14-3-6-20(15(2)11-14)31(29,30)24-9-7-23(8-10-24)21(26)18-13-22-19-5-4-16(25(27)28)12-17(18)19/h3-6,11-13,22H,7-10H2,1-2H3. The Labute approximate surface area is 179 Å². The SMILES string of the molecule is Cc1ccc(S(=O)(=O)N2CCN(C(=O)c3c[nH]c4ccc([N+](=O)[O-])cc34)CC2)c(C)c1. The molecular weight excluding hydrogens is 420 g/mol. The van der Waals surface area contributed by atoms with Crippen LogP contribution in [0.25, 0.3) is 10.9 Å². The first-order chi connectivity index (χ1) is 14.7. The average Bonchev–Trinajstić information content (AvgIpc) is 3.16. The number of sulfonamides is 1. The van der Waals surface area contributed by atoms with E-state index in [0.29, 0.717) is 22.0 Å². The molecule has 1 aliphatic heterocycles. The molecule has 31 heavy (non-hydrogen) atoms. The van der Waals surface area contributed by atoms with Gasteiger partial charge in [0.1, 0.15) is 0 Å². The lowest BCUT2D eigenvalue weighted by Gasteiger charge is -2.34. The maximum Gasteiger partial charge on any atom is 0.270 e. The molecule has 1 N–H and O–H groups in total. The number of piperazine rings is 1. The van der Waals surface area contributed by atoms with Crippen LogP contribution in [0.4, 0.5) is 5.69 Å². The van der Waals surface area contributed by atoms with Crippen molar-refractivity contribution in [2.75, 3.05) is 26.2 Å². The van der Waals surface area contributed by atoms with Crippen LogP contribution in [0.2, 0.25) is 0 Å². The van der Waals surface area contributed by atoms with Gasteiger partial charge in [-0.05, 0) is 31.5 Å². The van der Waals surface area contributed by atoms with Gasteiger partial charge in [0.15, 0.2) is 0 Å². The minimum Gasteiger partial charge on any atom is -0.360 e. The molecule has 4 rings (SSSR count). The lowest BCUT2D eigenvalue weighted by molar-refractivity contribution is -0.384. The largest absolute Gasteiger partial charge is 0.360 e. The molecule has 3 aromatic rings. The summed E-state index contributed by atoms with van der Waals surface area (Å²) in [5, 5.41) is 11.6. The summed E-state index contributed by atoms with van der Waals surface area (Å²) >= 11 is 0. The van der Waals surface area contributed by atoms with Crippen LogP contribution in [0.3, 0.4) is 0 Å². The monoisotopic (exact) mass is 442 g/mol. The molecule has 2 heterocycles. The van der Waals surface area contributed by atoms with Gasteiger partial charge in [0, 0.05) is 55.4 Å². The zero-order valence-corrected chi connectivity index (χ0v) is 18.0. The van der Waals surface area contributed by atoms with Crippen molar-refractivity contribution in [1.82, 2.24) is 14.2 Å². The van der Waals surface area contributed by atoms with E-state index in [-0.39, 0.29) is 42.7 Å². The van der Waals surface area contributed by atoms with Gasteiger partial charge >= 0.3 is 0 Å². The van der Waals surface area contributed by atoms with Crippen LogP contribution >= 0.6 is 0 Å².